The van der Waals surface area contributed by atoms with Crippen molar-refractivity contribution >= 4 is 17.3 Å². The van der Waals surface area contributed by atoms with Crippen molar-refractivity contribution in [1.29, 1.82) is 0 Å². The van der Waals surface area contributed by atoms with Gasteiger partial charge in [0.05, 0.1) is 18.8 Å². The van der Waals surface area contributed by atoms with Crippen LogP contribution in [-0.2, 0) is 11.3 Å². The van der Waals surface area contributed by atoms with Gasteiger partial charge < -0.3 is 15.4 Å². The smallest absolute Gasteiger partial charge is 0.191 e. The molecule has 2 heterocycles. The van der Waals surface area contributed by atoms with Gasteiger partial charge in [-0.15, -0.1) is 11.3 Å². The molecule has 2 N–H and O–H groups in total. The van der Waals surface area contributed by atoms with E-state index >= 15 is 0 Å². The van der Waals surface area contributed by atoms with Crippen LogP contribution in [0.25, 0.3) is 0 Å². The molecule has 0 radical (unpaired) electrons. The Hall–Kier alpha value is -2.03. The van der Waals surface area contributed by atoms with Crippen molar-refractivity contribution in [1.82, 2.24) is 15.5 Å². The van der Waals surface area contributed by atoms with Crippen LogP contribution >= 0.6 is 11.3 Å². The summed E-state index contributed by atoms with van der Waals surface area (Å²) in [5.74, 6) is -0.352. The molecule has 1 aliphatic rings. The molecule has 5 nitrogen and oxygen atoms in total. The molecule has 28 heavy (non-hydrogen) atoms. The summed E-state index contributed by atoms with van der Waals surface area (Å²) in [6.07, 6.45) is 0.199. The molecule has 0 saturated carbocycles. The Morgan fingerprint density at radius 1 is 1.36 bits per heavy atom. The first-order chi connectivity index (χ1) is 13.6. The number of benzene rings is 1. The minimum absolute atomic E-state index is 0.154. The Balaban J connectivity index is 1.61. The molecule has 8 heteroatoms. The van der Waals surface area contributed by atoms with E-state index in [4.69, 9.17) is 4.74 Å². The van der Waals surface area contributed by atoms with Crippen molar-refractivity contribution < 1.29 is 13.5 Å². The van der Waals surface area contributed by atoms with Crippen LogP contribution < -0.4 is 10.6 Å². The summed E-state index contributed by atoms with van der Waals surface area (Å²) in [6, 6.07) is 7.82. The molecule has 3 rings (SSSR count). The molecule has 1 aromatic heterocycles. The van der Waals surface area contributed by atoms with E-state index in [2.05, 4.69) is 45.0 Å². The monoisotopic (exact) mass is 408 g/mol. The Bertz CT molecular complexity index is 785. The molecule has 152 valence electrons. The van der Waals surface area contributed by atoms with Gasteiger partial charge in [-0.3, -0.25) is 9.89 Å². The van der Waals surface area contributed by atoms with Crippen LogP contribution in [-0.4, -0.2) is 50.3 Å². The summed E-state index contributed by atoms with van der Waals surface area (Å²) < 4.78 is 32.8. The number of halogens is 2. The highest BCUT2D eigenvalue weighted by atomic mass is 32.1. The van der Waals surface area contributed by atoms with Gasteiger partial charge in [0, 0.05) is 43.7 Å². The first-order valence-electron chi connectivity index (χ1n) is 9.34. The number of morpholine rings is 1. The van der Waals surface area contributed by atoms with Crippen LogP contribution in [0.2, 0.25) is 0 Å². The number of nitrogens with zero attached hydrogens (tertiary/aromatic N) is 2. The van der Waals surface area contributed by atoms with Gasteiger partial charge in [0.15, 0.2) is 5.96 Å². The maximum absolute atomic E-state index is 13.8. The van der Waals surface area contributed by atoms with Crippen LogP contribution in [0.1, 0.15) is 23.4 Å². The Labute approximate surface area is 168 Å². The highest BCUT2D eigenvalue weighted by Gasteiger charge is 2.26. The maximum Gasteiger partial charge on any atom is 0.191 e. The third-order valence-electron chi connectivity index (χ3n) is 4.73. The Morgan fingerprint density at radius 3 is 2.93 bits per heavy atom. The molecule has 1 aromatic carbocycles. The van der Waals surface area contributed by atoms with Crippen LogP contribution in [0.4, 0.5) is 8.78 Å². The van der Waals surface area contributed by atoms with Crippen LogP contribution in [0.3, 0.4) is 0 Å². The van der Waals surface area contributed by atoms with E-state index in [0.29, 0.717) is 12.5 Å². The highest BCUT2D eigenvalue weighted by Crippen LogP contribution is 2.26. The lowest BCUT2D eigenvalue weighted by atomic mass is 10.1. The molecule has 2 unspecified atom stereocenters. The predicted molar refractivity (Wildman–Crippen MR) is 109 cm³/mol. The van der Waals surface area contributed by atoms with Gasteiger partial charge in [-0.1, -0.05) is 6.07 Å². The van der Waals surface area contributed by atoms with Crippen LogP contribution in [0.15, 0.2) is 40.7 Å². The lowest BCUT2D eigenvalue weighted by Gasteiger charge is -2.37. The standard InChI is InChI=1S/C20H26F2N4OS/c1-14-13-26(7-8-27-14)18(19-4-3-9-28-19)12-25-20(23-2)24-11-15-10-16(21)5-6-17(15)22/h3-6,9-10,14,18H,7-8,11-13H2,1-2H3,(H2,23,24,25). The molecule has 0 amide bonds. The summed E-state index contributed by atoms with van der Waals surface area (Å²) in [7, 11) is 1.66. The fourth-order valence-corrected chi connectivity index (χ4v) is 4.15. The number of rotatable bonds is 6. The highest BCUT2D eigenvalue weighted by molar-refractivity contribution is 7.10. The van der Waals surface area contributed by atoms with Gasteiger partial charge in [-0.05, 0) is 36.6 Å². The number of hydrogen-bond acceptors (Lipinski definition) is 4. The quantitative estimate of drug-likeness (QED) is 0.570. The minimum Gasteiger partial charge on any atom is -0.376 e. The number of ether oxygens (including phenoxy) is 1. The predicted octanol–water partition coefficient (Wildman–Crippen LogP) is 3.15. The second-order valence-corrected chi connectivity index (χ2v) is 7.73. The van der Waals surface area contributed by atoms with Crippen LogP contribution in [0.5, 0.6) is 0 Å². The van der Waals surface area contributed by atoms with E-state index in [9.17, 15) is 8.78 Å². The van der Waals surface area contributed by atoms with Gasteiger partial charge >= 0.3 is 0 Å². The minimum atomic E-state index is -0.458. The summed E-state index contributed by atoms with van der Waals surface area (Å²) in [4.78, 5) is 7.89. The molecule has 0 aliphatic carbocycles. The zero-order valence-corrected chi connectivity index (χ0v) is 16.9. The fourth-order valence-electron chi connectivity index (χ4n) is 3.29. The summed E-state index contributed by atoms with van der Waals surface area (Å²) in [6.45, 7) is 5.34. The molecule has 1 saturated heterocycles. The largest absolute Gasteiger partial charge is 0.376 e. The number of hydrogen-bond donors (Lipinski definition) is 2. The topological polar surface area (TPSA) is 48.9 Å². The molecule has 2 atom stereocenters. The lowest BCUT2D eigenvalue weighted by Crippen LogP contribution is -2.48. The second-order valence-electron chi connectivity index (χ2n) is 6.75. The number of nitrogens with one attached hydrogen (secondary N) is 2. The van der Waals surface area contributed by atoms with E-state index < -0.39 is 11.6 Å². The average Bonchev–Trinajstić information content (AvgIpc) is 3.21. The molecular weight excluding hydrogens is 382 g/mol. The molecule has 0 bridgehead atoms. The number of guanidine groups is 1. The van der Waals surface area contributed by atoms with Crippen molar-refractivity contribution in [2.45, 2.75) is 25.6 Å². The first kappa shape index (κ1) is 20.7. The molecule has 1 fully saturated rings. The second kappa shape index (κ2) is 9.95. The van der Waals surface area contributed by atoms with E-state index in [1.165, 1.54) is 10.9 Å². The van der Waals surface area contributed by atoms with E-state index in [-0.39, 0.29) is 24.3 Å². The van der Waals surface area contributed by atoms with E-state index in [1.54, 1.807) is 18.4 Å². The SMILES string of the molecule is CN=C(NCc1cc(F)ccc1F)NCC(c1cccs1)N1CCOC(C)C1. The zero-order valence-electron chi connectivity index (χ0n) is 16.1. The molecular formula is C20H26F2N4OS. The number of thiophene rings is 1. The van der Waals surface area contributed by atoms with E-state index in [0.717, 1.165) is 31.8 Å². The first-order valence-corrected chi connectivity index (χ1v) is 10.2. The van der Waals surface area contributed by atoms with Gasteiger partial charge in [0.2, 0.25) is 0 Å². The zero-order chi connectivity index (χ0) is 19.9. The molecule has 2 aromatic rings. The summed E-state index contributed by atoms with van der Waals surface area (Å²) in [5, 5.41) is 8.46. The van der Waals surface area contributed by atoms with Crippen molar-refractivity contribution in [2.75, 3.05) is 33.3 Å². The summed E-state index contributed by atoms with van der Waals surface area (Å²) in [5.41, 5.74) is 0.264. The van der Waals surface area contributed by atoms with Crippen molar-refractivity contribution in [3.8, 4) is 0 Å². The van der Waals surface area contributed by atoms with Crippen molar-refractivity contribution in [3.63, 3.8) is 0 Å². The van der Waals surface area contributed by atoms with Gasteiger partial charge in [0.1, 0.15) is 11.6 Å². The third kappa shape index (κ3) is 5.50. The average molecular weight is 409 g/mol. The molecule has 0 spiro atoms. The fraction of sp³-hybridized carbons (Fsp3) is 0.450. The van der Waals surface area contributed by atoms with Crippen molar-refractivity contribution in [3.05, 3.63) is 57.8 Å². The van der Waals surface area contributed by atoms with Gasteiger partial charge in [0.25, 0.3) is 0 Å². The van der Waals surface area contributed by atoms with Crippen molar-refractivity contribution in [2.24, 2.45) is 4.99 Å². The normalized spacial score (nSPS) is 19.4. The maximum atomic E-state index is 13.8. The Kier molecular flexibility index (Phi) is 7.36. The van der Waals surface area contributed by atoms with Gasteiger partial charge in [-0.2, -0.15) is 0 Å². The van der Waals surface area contributed by atoms with Crippen LogP contribution in [0, 0.1) is 11.6 Å². The van der Waals surface area contributed by atoms with E-state index in [1.807, 2.05) is 0 Å². The van der Waals surface area contributed by atoms with Gasteiger partial charge in [-0.25, -0.2) is 8.78 Å². The summed E-state index contributed by atoms with van der Waals surface area (Å²) >= 11 is 1.72. The Morgan fingerprint density at radius 2 is 2.21 bits per heavy atom. The number of aliphatic imine (C=N–C) groups is 1. The third-order valence-corrected chi connectivity index (χ3v) is 5.70. The lowest BCUT2D eigenvalue weighted by molar-refractivity contribution is -0.0334. The molecule has 1 aliphatic heterocycles.